The summed E-state index contributed by atoms with van der Waals surface area (Å²) in [6, 6.07) is 1.89. The summed E-state index contributed by atoms with van der Waals surface area (Å²) in [5.41, 5.74) is 1.53. The van der Waals surface area contributed by atoms with Gasteiger partial charge in [-0.25, -0.2) is 4.39 Å². The lowest BCUT2D eigenvalue weighted by atomic mass is 10.1. The molecule has 1 saturated heterocycles. The van der Waals surface area contributed by atoms with Crippen molar-refractivity contribution >= 4 is 18.3 Å². The van der Waals surface area contributed by atoms with Crippen LogP contribution in [0.5, 0.6) is 0 Å². The molecule has 0 spiro atoms. The lowest BCUT2D eigenvalue weighted by molar-refractivity contribution is 0.0939. The summed E-state index contributed by atoms with van der Waals surface area (Å²) in [6.45, 7) is 7.72. The zero-order chi connectivity index (χ0) is 15.4. The molecule has 2 heterocycles. The smallest absolute Gasteiger partial charge is 0.269 e. The first kappa shape index (κ1) is 18.9. The highest BCUT2D eigenvalue weighted by Crippen LogP contribution is 2.11. The van der Waals surface area contributed by atoms with Gasteiger partial charge in [-0.1, -0.05) is 13.8 Å². The van der Waals surface area contributed by atoms with Crippen LogP contribution in [-0.2, 0) is 13.0 Å². The number of nitrogens with one attached hydrogen (secondary N) is 2. The molecule has 1 fully saturated rings. The van der Waals surface area contributed by atoms with Crippen LogP contribution in [-0.4, -0.2) is 41.0 Å². The van der Waals surface area contributed by atoms with Crippen molar-refractivity contribution in [1.82, 2.24) is 20.4 Å². The minimum atomic E-state index is -0.800. The summed E-state index contributed by atoms with van der Waals surface area (Å²) in [5, 5.41) is 10.4. The van der Waals surface area contributed by atoms with Gasteiger partial charge in [-0.15, -0.1) is 12.4 Å². The summed E-state index contributed by atoms with van der Waals surface area (Å²) in [6.07, 6.45) is 0.526. The van der Waals surface area contributed by atoms with Gasteiger partial charge < -0.3 is 10.6 Å². The highest BCUT2D eigenvalue weighted by atomic mass is 35.5. The Morgan fingerprint density at radius 2 is 2.32 bits per heavy atom. The molecule has 22 heavy (non-hydrogen) atoms. The molecule has 0 bridgehead atoms. The minimum Gasteiger partial charge on any atom is -0.349 e. The molecule has 2 atom stereocenters. The third-order valence-electron chi connectivity index (χ3n) is 3.66. The summed E-state index contributed by atoms with van der Waals surface area (Å²) in [5.74, 6) is 0.369. The molecule has 2 rings (SSSR count). The summed E-state index contributed by atoms with van der Waals surface area (Å²) in [7, 11) is 0. The van der Waals surface area contributed by atoms with E-state index < -0.39 is 6.17 Å². The number of aryl methyl sites for hydroxylation is 1. The maximum atomic E-state index is 13.1. The average molecular weight is 333 g/mol. The van der Waals surface area contributed by atoms with Crippen molar-refractivity contribution in [3.05, 3.63) is 17.5 Å². The number of amides is 1. The molecular formula is C15H26ClFN4O. The number of alkyl halides is 1. The Bertz CT molecular complexity index is 492. The van der Waals surface area contributed by atoms with E-state index in [1.165, 1.54) is 0 Å². The van der Waals surface area contributed by atoms with E-state index in [0.717, 1.165) is 12.1 Å². The quantitative estimate of drug-likeness (QED) is 0.837. The number of carbonyl (C=O) groups is 1. The highest BCUT2D eigenvalue weighted by Gasteiger charge is 2.24. The van der Waals surface area contributed by atoms with Gasteiger partial charge in [0.2, 0.25) is 0 Å². The fraction of sp³-hybridized carbons (Fsp3) is 0.733. The van der Waals surface area contributed by atoms with Crippen molar-refractivity contribution in [2.24, 2.45) is 5.92 Å². The zero-order valence-corrected chi connectivity index (χ0v) is 14.3. The first-order chi connectivity index (χ1) is 9.99. The van der Waals surface area contributed by atoms with Crippen molar-refractivity contribution in [3.63, 3.8) is 0 Å². The Balaban J connectivity index is 0.00000242. The molecule has 5 nitrogen and oxygen atoms in total. The molecule has 0 aromatic carbocycles. The molecule has 7 heteroatoms. The molecule has 0 radical (unpaired) electrons. The van der Waals surface area contributed by atoms with Crippen LogP contribution >= 0.6 is 12.4 Å². The van der Waals surface area contributed by atoms with Crippen molar-refractivity contribution in [3.8, 4) is 0 Å². The van der Waals surface area contributed by atoms with Gasteiger partial charge >= 0.3 is 0 Å². The molecule has 126 valence electrons. The summed E-state index contributed by atoms with van der Waals surface area (Å²) < 4.78 is 14.8. The number of rotatable bonds is 6. The molecule has 1 aromatic heterocycles. The Kier molecular flexibility index (Phi) is 7.29. The van der Waals surface area contributed by atoms with E-state index in [1.54, 1.807) is 4.68 Å². The molecule has 1 amide bonds. The molecular weight excluding hydrogens is 307 g/mol. The van der Waals surface area contributed by atoms with Crippen LogP contribution in [0.3, 0.4) is 0 Å². The number of nitrogens with zero attached hydrogens (tertiary/aromatic N) is 2. The van der Waals surface area contributed by atoms with Gasteiger partial charge in [-0.3, -0.25) is 9.48 Å². The Morgan fingerprint density at radius 3 is 2.86 bits per heavy atom. The van der Waals surface area contributed by atoms with Crippen LogP contribution < -0.4 is 10.6 Å². The fourth-order valence-corrected chi connectivity index (χ4v) is 2.64. The molecule has 0 aliphatic carbocycles. The van der Waals surface area contributed by atoms with Crippen molar-refractivity contribution in [2.75, 3.05) is 13.1 Å². The van der Waals surface area contributed by atoms with Crippen LogP contribution in [0.2, 0.25) is 0 Å². The predicted molar refractivity (Wildman–Crippen MR) is 87.3 cm³/mol. The topological polar surface area (TPSA) is 59.0 Å². The van der Waals surface area contributed by atoms with Crippen molar-refractivity contribution in [2.45, 2.75) is 52.4 Å². The van der Waals surface area contributed by atoms with E-state index in [-0.39, 0.29) is 24.4 Å². The van der Waals surface area contributed by atoms with Crippen LogP contribution in [0.25, 0.3) is 0 Å². The third kappa shape index (κ3) is 4.95. The second-order valence-corrected chi connectivity index (χ2v) is 6.08. The molecule has 2 N–H and O–H groups in total. The van der Waals surface area contributed by atoms with Crippen LogP contribution in [0.4, 0.5) is 4.39 Å². The normalized spacial score (nSPS) is 21.0. The molecule has 1 aromatic rings. The van der Waals surface area contributed by atoms with E-state index in [1.807, 2.05) is 13.0 Å². The van der Waals surface area contributed by atoms with Gasteiger partial charge in [0.25, 0.3) is 5.91 Å². The van der Waals surface area contributed by atoms with E-state index in [4.69, 9.17) is 0 Å². The molecule has 1 aliphatic rings. The van der Waals surface area contributed by atoms with Gasteiger partial charge in [0.05, 0.1) is 5.69 Å². The molecule has 1 aliphatic heterocycles. The SMILES string of the molecule is CCn1nc(CC(C)C)cc1C(=O)NC[C@@H]1C[C@H](F)CN1.Cl. The fourth-order valence-electron chi connectivity index (χ4n) is 2.64. The third-order valence-corrected chi connectivity index (χ3v) is 3.66. The van der Waals surface area contributed by atoms with Crippen molar-refractivity contribution < 1.29 is 9.18 Å². The van der Waals surface area contributed by atoms with Gasteiger partial charge in [0.1, 0.15) is 11.9 Å². The van der Waals surface area contributed by atoms with E-state index in [2.05, 4.69) is 29.6 Å². The number of aromatic nitrogens is 2. The summed E-state index contributed by atoms with van der Waals surface area (Å²) >= 11 is 0. The Morgan fingerprint density at radius 1 is 1.59 bits per heavy atom. The van der Waals surface area contributed by atoms with E-state index in [9.17, 15) is 9.18 Å². The van der Waals surface area contributed by atoms with Crippen LogP contribution in [0, 0.1) is 5.92 Å². The van der Waals surface area contributed by atoms with Gasteiger partial charge in [-0.05, 0) is 31.7 Å². The van der Waals surface area contributed by atoms with Gasteiger partial charge in [-0.2, -0.15) is 5.10 Å². The maximum absolute atomic E-state index is 13.1. The highest BCUT2D eigenvalue weighted by molar-refractivity contribution is 5.92. The summed E-state index contributed by atoms with van der Waals surface area (Å²) in [4.78, 5) is 12.3. The Labute approximate surface area is 137 Å². The number of halogens is 2. The van der Waals surface area contributed by atoms with Crippen LogP contribution in [0.15, 0.2) is 6.07 Å². The number of hydrogen-bond acceptors (Lipinski definition) is 3. The van der Waals surface area contributed by atoms with Gasteiger partial charge in [0.15, 0.2) is 0 Å². The monoisotopic (exact) mass is 332 g/mol. The maximum Gasteiger partial charge on any atom is 0.269 e. The van der Waals surface area contributed by atoms with E-state index >= 15 is 0 Å². The Hall–Kier alpha value is -1.14. The van der Waals surface area contributed by atoms with E-state index in [0.29, 0.717) is 37.7 Å². The average Bonchev–Trinajstić information content (AvgIpc) is 3.01. The largest absolute Gasteiger partial charge is 0.349 e. The van der Waals surface area contributed by atoms with Gasteiger partial charge in [0, 0.05) is 25.7 Å². The van der Waals surface area contributed by atoms with Crippen LogP contribution in [0.1, 0.15) is 43.4 Å². The molecule has 0 saturated carbocycles. The predicted octanol–water partition coefficient (Wildman–Crippen LogP) is 1.95. The lowest BCUT2D eigenvalue weighted by Crippen LogP contribution is -2.37. The zero-order valence-electron chi connectivity index (χ0n) is 13.4. The standard InChI is InChI=1S/C15H25FN4O.ClH/c1-4-20-14(7-12(19-20)5-10(2)3)15(21)18-9-13-6-11(16)8-17-13;/h7,10-11,13,17H,4-6,8-9H2,1-3H3,(H,18,21);1H/t11-,13-;/m0./s1. The second kappa shape index (κ2) is 8.48. The minimum absolute atomic E-state index is 0. The number of carbonyl (C=O) groups excluding carboxylic acids is 1. The first-order valence-electron chi connectivity index (χ1n) is 7.72. The lowest BCUT2D eigenvalue weighted by Gasteiger charge is -2.11. The second-order valence-electron chi connectivity index (χ2n) is 6.08. The first-order valence-corrected chi connectivity index (χ1v) is 7.72. The molecule has 0 unspecified atom stereocenters. The number of hydrogen-bond donors (Lipinski definition) is 2. The van der Waals surface area contributed by atoms with Crippen molar-refractivity contribution in [1.29, 1.82) is 0 Å².